The van der Waals surface area contributed by atoms with Crippen LogP contribution < -0.4 is 29.0 Å². The van der Waals surface area contributed by atoms with Gasteiger partial charge in [-0.05, 0) is 6.07 Å². The van der Waals surface area contributed by atoms with Crippen LogP contribution in [0.2, 0.25) is 0 Å². The average molecular weight is 433 g/mol. The van der Waals surface area contributed by atoms with Crippen LogP contribution in [0.5, 0.6) is 28.7 Å². The molecule has 0 bridgehead atoms. The molecule has 2 aromatic carbocycles. The smallest absolute Gasteiger partial charge is 0.203 e. The second-order valence-corrected chi connectivity index (χ2v) is 7.28. The number of nitrogens with one attached hydrogen (secondary N) is 1. The summed E-state index contributed by atoms with van der Waals surface area (Å²) in [7, 11) is 6.34. The summed E-state index contributed by atoms with van der Waals surface area (Å²) in [6, 6.07) is 11.6. The molecule has 1 heterocycles. The Morgan fingerprint density at radius 2 is 1.68 bits per heavy atom. The predicted octanol–water partition coefficient (Wildman–Crippen LogP) is 2.11. The molecule has 2 unspecified atom stereocenters. The lowest BCUT2D eigenvalue weighted by atomic mass is 10.0. The zero-order valence-corrected chi connectivity index (χ0v) is 18.6. The van der Waals surface area contributed by atoms with E-state index >= 15 is 0 Å². The van der Waals surface area contributed by atoms with Gasteiger partial charge in [-0.25, -0.2) is 0 Å². The van der Waals surface area contributed by atoms with E-state index in [1.807, 2.05) is 18.2 Å². The number of β-amino-alcohol motifs (C(OH)–C–C–N with tert-alkyl or cyclic N) is 1. The van der Waals surface area contributed by atoms with Gasteiger partial charge in [0.05, 0.1) is 34.5 Å². The van der Waals surface area contributed by atoms with Gasteiger partial charge in [-0.1, -0.05) is 18.2 Å². The van der Waals surface area contributed by atoms with Gasteiger partial charge in [0.1, 0.15) is 24.2 Å². The van der Waals surface area contributed by atoms with E-state index in [9.17, 15) is 5.11 Å². The first-order valence-corrected chi connectivity index (χ1v) is 10.3. The van der Waals surface area contributed by atoms with Gasteiger partial charge >= 0.3 is 0 Å². The van der Waals surface area contributed by atoms with Crippen molar-refractivity contribution in [1.82, 2.24) is 10.2 Å². The van der Waals surface area contributed by atoms with Crippen LogP contribution in [0.1, 0.15) is 11.6 Å². The number of aliphatic hydroxyl groups is 1. The van der Waals surface area contributed by atoms with Crippen molar-refractivity contribution in [2.75, 3.05) is 61.2 Å². The first-order chi connectivity index (χ1) is 15.1. The minimum atomic E-state index is -0.672. The lowest BCUT2D eigenvalue weighted by Gasteiger charge is -2.38. The highest BCUT2D eigenvalue weighted by Crippen LogP contribution is 2.40. The highest BCUT2D eigenvalue weighted by molar-refractivity contribution is 5.55. The molecule has 2 N–H and O–H groups in total. The summed E-state index contributed by atoms with van der Waals surface area (Å²) in [6.45, 7) is 3.10. The summed E-state index contributed by atoms with van der Waals surface area (Å²) in [4.78, 5) is 2.26. The van der Waals surface area contributed by atoms with Crippen LogP contribution >= 0.6 is 0 Å². The Balaban J connectivity index is 1.66. The Morgan fingerprint density at radius 1 is 1.00 bits per heavy atom. The minimum Gasteiger partial charge on any atom is -0.496 e. The van der Waals surface area contributed by atoms with Gasteiger partial charge in [-0.3, -0.25) is 4.90 Å². The van der Waals surface area contributed by atoms with Crippen molar-refractivity contribution < 1.29 is 28.8 Å². The lowest BCUT2D eigenvalue weighted by molar-refractivity contribution is 0.0430. The zero-order valence-electron chi connectivity index (χ0n) is 18.6. The summed E-state index contributed by atoms with van der Waals surface area (Å²) in [5, 5.41) is 14.1. The van der Waals surface area contributed by atoms with Crippen LogP contribution in [-0.4, -0.2) is 77.3 Å². The number of nitrogens with zero attached hydrogens (tertiary/aromatic N) is 1. The fourth-order valence-corrected chi connectivity index (χ4v) is 3.87. The number of methoxy groups -OCH3 is 4. The SMILES string of the molecule is COc1ccccc1C1CNCCN1CC(O)COc1cc(OC)c(OC)c(OC)c1. The van der Waals surface area contributed by atoms with Gasteiger partial charge in [0.2, 0.25) is 5.75 Å². The molecule has 1 aliphatic heterocycles. The molecule has 2 aromatic rings. The summed E-state index contributed by atoms with van der Waals surface area (Å²) in [5.41, 5.74) is 1.11. The minimum absolute atomic E-state index is 0.112. The molecule has 3 rings (SSSR count). The molecule has 31 heavy (non-hydrogen) atoms. The normalized spacial score (nSPS) is 17.6. The number of rotatable bonds is 10. The fourth-order valence-electron chi connectivity index (χ4n) is 3.87. The van der Waals surface area contributed by atoms with Crippen LogP contribution in [0.15, 0.2) is 36.4 Å². The Labute approximate surface area is 183 Å². The Bertz CT molecular complexity index is 822. The molecule has 0 radical (unpaired) electrons. The van der Waals surface area contributed by atoms with Crippen LogP contribution in [0, 0.1) is 0 Å². The molecule has 0 aromatic heterocycles. The molecule has 0 saturated carbocycles. The maximum absolute atomic E-state index is 10.7. The van der Waals surface area contributed by atoms with E-state index in [0.717, 1.165) is 30.9 Å². The van der Waals surface area contributed by atoms with E-state index < -0.39 is 6.10 Å². The number of piperazine rings is 1. The third-order valence-corrected chi connectivity index (χ3v) is 5.38. The monoisotopic (exact) mass is 432 g/mol. The Hall–Kier alpha value is -2.68. The number of hydrogen-bond acceptors (Lipinski definition) is 8. The molecule has 1 aliphatic rings. The van der Waals surface area contributed by atoms with Crippen LogP contribution in [0.3, 0.4) is 0 Å². The molecule has 1 fully saturated rings. The molecule has 0 amide bonds. The van der Waals surface area contributed by atoms with Gasteiger partial charge in [0.25, 0.3) is 0 Å². The standard InChI is InChI=1S/C23H32N2O6/c1-27-20-8-6-5-7-18(20)19-13-24-9-10-25(19)14-16(26)15-31-17-11-21(28-2)23(30-4)22(12-17)29-3/h5-8,11-12,16,19,24,26H,9-10,13-15H2,1-4H3. The third kappa shape index (κ3) is 5.52. The van der Waals surface area contributed by atoms with Crippen molar-refractivity contribution in [3.05, 3.63) is 42.0 Å². The van der Waals surface area contributed by atoms with E-state index in [4.69, 9.17) is 23.7 Å². The maximum atomic E-state index is 10.7. The zero-order chi connectivity index (χ0) is 22.2. The van der Waals surface area contributed by atoms with E-state index in [-0.39, 0.29) is 12.6 Å². The van der Waals surface area contributed by atoms with E-state index in [0.29, 0.717) is 29.5 Å². The maximum Gasteiger partial charge on any atom is 0.203 e. The molecule has 1 saturated heterocycles. The summed E-state index contributed by atoms with van der Waals surface area (Å²) >= 11 is 0. The second kappa shape index (κ2) is 11.1. The van der Waals surface area contributed by atoms with Gasteiger partial charge in [-0.15, -0.1) is 0 Å². The topological polar surface area (TPSA) is 81.7 Å². The number of benzene rings is 2. The van der Waals surface area contributed by atoms with E-state index in [1.165, 1.54) is 0 Å². The molecule has 8 heteroatoms. The van der Waals surface area contributed by atoms with Crippen LogP contribution in [0.25, 0.3) is 0 Å². The largest absolute Gasteiger partial charge is 0.496 e. The number of ether oxygens (including phenoxy) is 5. The second-order valence-electron chi connectivity index (χ2n) is 7.28. The lowest BCUT2D eigenvalue weighted by Crippen LogP contribution is -2.49. The van der Waals surface area contributed by atoms with Crippen molar-refractivity contribution in [3.8, 4) is 28.7 Å². The predicted molar refractivity (Wildman–Crippen MR) is 118 cm³/mol. The number of hydrogen-bond donors (Lipinski definition) is 2. The van der Waals surface area contributed by atoms with Crippen LogP contribution in [0.4, 0.5) is 0 Å². The third-order valence-electron chi connectivity index (χ3n) is 5.38. The molecular weight excluding hydrogens is 400 g/mol. The van der Waals surface area contributed by atoms with Crippen molar-refractivity contribution in [1.29, 1.82) is 0 Å². The van der Waals surface area contributed by atoms with Crippen molar-refractivity contribution in [3.63, 3.8) is 0 Å². The Kier molecular flexibility index (Phi) is 8.22. The molecule has 0 spiro atoms. The summed E-state index contributed by atoms with van der Waals surface area (Å²) < 4.78 is 27.4. The first-order valence-electron chi connectivity index (χ1n) is 10.3. The first kappa shape index (κ1) is 23.0. The van der Waals surface area contributed by atoms with Gasteiger partial charge in [0, 0.05) is 43.9 Å². The molecule has 170 valence electrons. The van der Waals surface area contributed by atoms with E-state index in [2.05, 4.69) is 16.3 Å². The molecule has 0 aliphatic carbocycles. The Morgan fingerprint density at radius 3 is 2.32 bits per heavy atom. The van der Waals surface area contributed by atoms with E-state index in [1.54, 1.807) is 40.6 Å². The molecule has 8 nitrogen and oxygen atoms in total. The fraction of sp³-hybridized carbons (Fsp3) is 0.478. The average Bonchev–Trinajstić information content (AvgIpc) is 2.82. The van der Waals surface area contributed by atoms with Gasteiger partial charge < -0.3 is 34.1 Å². The molecular formula is C23H32N2O6. The number of para-hydroxylation sites is 1. The highest BCUT2D eigenvalue weighted by Gasteiger charge is 2.28. The number of aliphatic hydroxyl groups excluding tert-OH is 1. The highest BCUT2D eigenvalue weighted by atomic mass is 16.5. The van der Waals surface area contributed by atoms with Crippen molar-refractivity contribution >= 4 is 0 Å². The van der Waals surface area contributed by atoms with Gasteiger partial charge in [-0.2, -0.15) is 0 Å². The van der Waals surface area contributed by atoms with Crippen LogP contribution in [-0.2, 0) is 0 Å². The molecule has 2 atom stereocenters. The van der Waals surface area contributed by atoms with Crippen molar-refractivity contribution in [2.24, 2.45) is 0 Å². The summed E-state index contributed by atoms with van der Waals surface area (Å²) in [6.07, 6.45) is -0.672. The van der Waals surface area contributed by atoms with Crippen molar-refractivity contribution in [2.45, 2.75) is 12.1 Å². The van der Waals surface area contributed by atoms with Gasteiger partial charge in [0.15, 0.2) is 11.5 Å². The summed E-state index contributed by atoms with van der Waals surface area (Å²) in [5.74, 6) is 2.90. The quantitative estimate of drug-likeness (QED) is 0.591.